The molecule has 0 radical (unpaired) electrons. The number of hydrogen-bond acceptors (Lipinski definition) is 2. The lowest BCUT2D eigenvalue weighted by atomic mass is 10.3. The molecule has 1 saturated carbocycles. The molecule has 1 aromatic heterocycles. The molecule has 0 saturated heterocycles. The van der Waals surface area contributed by atoms with Crippen LogP contribution in [0.3, 0.4) is 0 Å². The Labute approximate surface area is 103 Å². The van der Waals surface area contributed by atoms with Gasteiger partial charge >= 0.3 is 11.4 Å². The van der Waals surface area contributed by atoms with Crippen LogP contribution >= 0.6 is 0 Å². The van der Waals surface area contributed by atoms with Crippen LogP contribution in [-0.4, -0.2) is 13.9 Å². The van der Waals surface area contributed by atoms with Gasteiger partial charge in [0.25, 0.3) is 0 Å². The molecule has 2 aliphatic rings. The van der Waals surface area contributed by atoms with E-state index in [0.29, 0.717) is 5.69 Å². The van der Waals surface area contributed by atoms with E-state index < -0.39 is 0 Å². The van der Waals surface area contributed by atoms with Crippen LogP contribution < -0.4 is 11.4 Å². The van der Waals surface area contributed by atoms with Crippen molar-refractivity contribution in [1.82, 2.24) is 13.9 Å². The highest BCUT2D eigenvalue weighted by Crippen LogP contribution is 2.41. The van der Waals surface area contributed by atoms with E-state index in [-0.39, 0.29) is 23.5 Å². The summed E-state index contributed by atoms with van der Waals surface area (Å²) >= 11 is 0. The summed E-state index contributed by atoms with van der Waals surface area (Å²) in [4.78, 5) is 24.8. The third-order valence-electron chi connectivity index (χ3n) is 4.09. The van der Waals surface area contributed by atoms with Crippen molar-refractivity contribution in [2.24, 2.45) is 0 Å². The van der Waals surface area contributed by atoms with Gasteiger partial charge < -0.3 is 0 Å². The molecule has 0 amide bonds. The Bertz CT molecular complexity index is 681. The van der Waals surface area contributed by atoms with Crippen LogP contribution in [0.1, 0.15) is 31.3 Å². The van der Waals surface area contributed by atoms with Gasteiger partial charge in [-0.1, -0.05) is 18.2 Å². The topological polar surface area (TPSA) is 48.9 Å². The third kappa shape index (κ3) is 1.06. The van der Waals surface area contributed by atoms with Gasteiger partial charge in [0.05, 0.1) is 17.8 Å². The molecule has 2 atom stereocenters. The van der Waals surface area contributed by atoms with E-state index in [1.807, 2.05) is 18.2 Å². The molecular formula is C13H13N3O2. The fourth-order valence-corrected chi connectivity index (χ4v) is 3.31. The number of benzene rings is 1. The molecule has 5 heteroatoms. The van der Waals surface area contributed by atoms with Gasteiger partial charge in [-0.2, -0.15) is 0 Å². The van der Waals surface area contributed by atoms with Gasteiger partial charge in [-0.25, -0.2) is 23.5 Å². The zero-order valence-corrected chi connectivity index (χ0v) is 9.82. The third-order valence-corrected chi connectivity index (χ3v) is 4.09. The zero-order valence-electron chi connectivity index (χ0n) is 9.82. The van der Waals surface area contributed by atoms with Gasteiger partial charge in [0.1, 0.15) is 0 Å². The monoisotopic (exact) mass is 243 g/mol. The van der Waals surface area contributed by atoms with E-state index in [0.717, 1.165) is 19.3 Å². The Kier molecular flexibility index (Phi) is 1.79. The Morgan fingerprint density at radius 2 is 1.44 bits per heavy atom. The summed E-state index contributed by atoms with van der Waals surface area (Å²) in [7, 11) is 0. The molecule has 0 spiro atoms. The Balaban J connectivity index is 2.04. The Morgan fingerprint density at radius 1 is 0.889 bits per heavy atom. The van der Waals surface area contributed by atoms with Gasteiger partial charge in [-0.3, -0.25) is 0 Å². The lowest BCUT2D eigenvalue weighted by Gasteiger charge is -2.13. The number of fused-ring (bicyclic) bond motifs is 5. The molecule has 4 rings (SSSR count). The van der Waals surface area contributed by atoms with Crippen LogP contribution in [0.15, 0.2) is 39.9 Å². The molecule has 5 nitrogen and oxygen atoms in total. The molecule has 92 valence electrons. The predicted octanol–water partition coefficient (Wildman–Crippen LogP) is 1.08. The average molecular weight is 243 g/mol. The van der Waals surface area contributed by atoms with Crippen molar-refractivity contribution < 1.29 is 0 Å². The smallest absolute Gasteiger partial charge is 0.245 e. The van der Waals surface area contributed by atoms with Gasteiger partial charge in [0.15, 0.2) is 0 Å². The fraction of sp³-hybridized carbons (Fsp3) is 0.385. The number of hydrogen-bond donors (Lipinski definition) is 0. The minimum Gasteiger partial charge on any atom is -0.245 e. The first-order chi connectivity index (χ1) is 8.77. The van der Waals surface area contributed by atoms with E-state index in [1.54, 1.807) is 21.5 Å². The quantitative estimate of drug-likeness (QED) is 0.752. The fourth-order valence-electron chi connectivity index (χ4n) is 3.31. The standard InChI is InChI=1S/C13H13N3O2/c17-12-14(9-4-2-1-3-5-9)13(18)16-11-7-6-10(8-11)15(12)16/h1-5,10-11H,6-8H2/t10-,11+. The average Bonchev–Trinajstić information content (AvgIpc) is 3.05. The second-order valence-electron chi connectivity index (χ2n) is 5.05. The molecular weight excluding hydrogens is 230 g/mol. The van der Waals surface area contributed by atoms with Crippen molar-refractivity contribution in [3.8, 4) is 5.69 Å². The minimum atomic E-state index is -0.196. The van der Waals surface area contributed by atoms with E-state index >= 15 is 0 Å². The largest absolute Gasteiger partial charge is 0.352 e. The molecule has 0 unspecified atom stereocenters. The molecule has 2 heterocycles. The van der Waals surface area contributed by atoms with Gasteiger partial charge in [-0.05, 0) is 31.4 Å². The van der Waals surface area contributed by atoms with Crippen molar-refractivity contribution in [3.05, 3.63) is 51.3 Å². The van der Waals surface area contributed by atoms with Crippen LogP contribution in [0.25, 0.3) is 5.69 Å². The normalized spacial score (nSPS) is 24.4. The van der Waals surface area contributed by atoms with Crippen LogP contribution in [0.4, 0.5) is 0 Å². The van der Waals surface area contributed by atoms with Crippen molar-refractivity contribution >= 4 is 0 Å². The summed E-state index contributed by atoms with van der Waals surface area (Å²) in [6, 6.07) is 9.58. The highest BCUT2D eigenvalue weighted by Gasteiger charge is 2.40. The van der Waals surface area contributed by atoms with Crippen molar-refractivity contribution in [2.45, 2.75) is 31.3 Å². The second kappa shape index (κ2) is 3.25. The number of para-hydroxylation sites is 1. The van der Waals surface area contributed by atoms with Gasteiger partial charge in [-0.15, -0.1) is 0 Å². The molecule has 18 heavy (non-hydrogen) atoms. The van der Waals surface area contributed by atoms with Crippen molar-refractivity contribution in [1.29, 1.82) is 0 Å². The number of nitrogens with zero attached hydrogens (tertiary/aromatic N) is 3. The maximum atomic E-state index is 12.4. The van der Waals surface area contributed by atoms with E-state index in [1.165, 1.54) is 4.57 Å². The summed E-state index contributed by atoms with van der Waals surface area (Å²) in [6.45, 7) is 0. The van der Waals surface area contributed by atoms with E-state index in [4.69, 9.17) is 0 Å². The highest BCUT2D eigenvalue weighted by molar-refractivity contribution is 5.30. The summed E-state index contributed by atoms with van der Waals surface area (Å²) in [5.74, 6) is 0. The summed E-state index contributed by atoms with van der Waals surface area (Å²) in [5, 5.41) is 0. The SMILES string of the molecule is O=c1n(-c2ccccc2)c(=O)n2n1[C@@H]1CC[C@H]2C1. The van der Waals surface area contributed by atoms with E-state index in [2.05, 4.69) is 0 Å². The first kappa shape index (κ1) is 9.94. The Hall–Kier alpha value is -2.04. The summed E-state index contributed by atoms with van der Waals surface area (Å²) in [6.07, 6.45) is 2.98. The first-order valence-electron chi connectivity index (χ1n) is 6.29. The molecule has 2 aromatic rings. The van der Waals surface area contributed by atoms with Gasteiger partial charge in [0.2, 0.25) is 0 Å². The summed E-state index contributed by atoms with van der Waals surface area (Å²) in [5.41, 5.74) is 0.262. The molecule has 1 aliphatic heterocycles. The van der Waals surface area contributed by atoms with Gasteiger partial charge in [0, 0.05) is 0 Å². The first-order valence-corrected chi connectivity index (χ1v) is 6.29. The lowest BCUT2D eigenvalue weighted by Crippen LogP contribution is -2.28. The maximum absolute atomic E-state index is 12.4. The molecule has 1 aliphatic carbocycles. The zero-order chi connectivity index (χ0) is 12.3. The second-order valence-corrected chi connectivity index (χ2v) is 5.05. The Morgan fingerprint density at radius 3 is 2.00 bits per heavy atom. The van der Waals surface area contributed by atoms with Crippen LogP contribution in [0.2, 0.25) is 0 Å². The van der Waals surface area contributed by atoms with Crippen molar-refractivity contribution in [2.75, 3.05) is 0 Å². The molecule has 0 N–H and O–H groups in total. The van der Waals surface area contributed by atoms with Crippen LogP contribution in [-0.2, 0) is 0 Å². The van der Waals surface area contributed by atoms with E-state index in [9.17, 15) is 9.59 Å². The lowest BCUT2D eigenvalue weighted by molar-refractivity contribution is 0.374. The maximum Gasteiger partial charge on any atom is 0.352 e. The molecule has 1 fully saturated rings. The molecule has 1 aromatic carbocycles. The molecule has 2 bridgehead atoms. The highest BCUT2D eigenvalue weighted by atomic mass is 16.2. The predicted molar refractivity (Wildman–Crippen MR) is 66.2 cm³/mol. The number of aromatic nitrogens is 3. The van der Waals surface area contributed by atoms with Crippen LogP contribution in [0.5, 0.6) is 0 Å². The number of rotatable bonds is 1. The van der Waals surface area contributed by atoms with Crippen LogP contribution in [0, 0.1) is 0 Å². The minimum absolute atomic E-state index is 0.196. The van der Waals surface area contributed by atoms with Crippen molar-refractivity contribution in [3.63, 3.8) is 0 Å². The summed E-state index contributed by atoms with van der Waals surface area (Å²) < 4.78 is 4.59.